The van der Waals surface area contributed by atoms with E-state index in [1.165, 1.54) is 0 Å². The molecule has 1 rings (SSSR count). The van der Waals surface area contributed by atoms with E-state index in [4.69, 9.17) is 5.84 Å². The van der Waals surface area contributed by atoms with Gasteiger partial charge in [-0.3, -0.25) is 15.1 Å². The normalized spacial score (nSPS) is 12.5. The molecule has 4 N–H and O–H groups in total. The Labute approximate surface area is 101 Å². The monoisotopic (exact) mass is 237 g/mol. The molecule has 17 heavy (non-hydrogen) atoms. The molecule has 0 aliphatic rings. The molecule has 0 aliphatic carbocycles. The first-order chi connectivity index (χ1) is 8.02. The van der Waals surface area contributed by atoms with Crippen LogP contribution in [0.2, 0.25) is 0 Å². The molecule has 0 aliphatic heterocycles. The predicted octanol–water partition coefficient (Wildman–Crippen LogP) is 0.103. The number of rotatable bonds is 5. The Morgan fingerprint density at radius 2 is 2.29 bits per heavy atom. The quantitative estimate of drug-likeness (QED) is 0.385. The maximum atomic E-state index is 11.3. The minimum atomic E-state index is -0.365. The Morgan fingerprint density at radius 3 is 2.88 bits per heavy atom. The van der Waals surface area contributed by atoms with Gasteiger partial charge in [0.2, 0.25) is 0 Å². The van der Waals surface area contributed by atoms with Crippen LogP contribution in [-0.4, -0.2) is 35.6 Å². The second-order valence-electron chi connectivity index (χ2n) is 4.22. The van der Waals surface area contributed by atoms with Crippen molar-refractivity contribution >= 4 is 5.91 Å². The molecular weight excluding hydrogens is 218 g/mol. The second-order valence-corrected chi connectivity index (χ2v) is 4.22. The molecule has 5 nitrogen and oxygen atoms in total. The van der Waals surface area contributed by atoms with Crippen LogP contribution in [0.25, 0.3) is 0 Å². The molecule has 0 spiro atoms. The highest BCUT2D eigenvalue weighted by molar-refractivity contribution is 5.93. The summed E-state index contributed by atoms with van der Waals surface area (Å²) in [6, 6.07) is 7.25. The van der Waals surface area contributed by atoms with Gasteiger partial charge in [-0.1, -0.05) is 12.1 Å². The molecule has 1 aromatic carbocycles. The van der Waals surface area contributed by atoms with E-state index in [2.05, 4.69) is 5.43 Å². The van der Waals surface area contributed by atoms with Gasteiger partial charge in [-0.2, -0.15) is 0 Å². The lowest BCUT2D eigenvalue weighted by Gasteiger charge is -2.18. The van der Waals surface area contributed by atoms with E-state index in [0.717, 1.165) is 5.56 Å². The third-order valence-electron chi connectivity index (χ3n) is 2.35. The molecule has 1 unspecified atom stereocenters. The standard InChI is InChI=1S/C12H19N3O2/c1-9(16)7-15(2)8-10-4-3-5-11(6-10)12(17)14-13/h3-6,9,16H,7-8,13H2,1-2H3,(H,14,17). The molecule has 0 heterocycles. The van der Waals surface area contributed by atoms with Gasteiger partial charge >= 0.3 is 0 Å². The molecule has 5 heteroatoms. The number of nitrogens with one attached hydrogen (secondary N) is 1. The minimum absolute atomic E-state index is 0.301. The van der Waals surface area contributed by atoms with Crippen molar-refractivity contribution in [2.75, 3.05) is 13.6 Å². The van der Waals surface area contributed by atoms with Gasteiger partial charge in [0, 0.05) is 18.7 Å². The summed E-state index contributed by atoms with van der Waals surface area (Å²) in [7, 11) is 1.92. The molecular formula is C12H19N3O2. The van der Waals surface area contributed by atoms with Crippen molar-refractivity contribution in [3.63, 3.8) is 0 Å². The number of hydrazine groups is 1. The summed E-state index contributed by atoms with van der Waals surface area (Å²) < 4.78 is 0. The van der Waals surface area contributed by atoms with Crippen LogP contribution in [0.3, 0.4) is 0 Å². The molecule has 94 valence electrons. The van der Waals surface area contributed by atoms with E-state index < -0.39 is 0 Å². The van der Waals surface area contributed by atoms with Crippen molar-refractivity contribution in [1.29, 1.82) is 0 Å². The SMILES string of the molecule is CC(O)CN(C)Cc1cccc(C(=O)NN)c1. The summed E-state index contributed by atoms with van der Waals surface area (Å²) in [4.78, 5) is 13.3. The Hall–Kier alpha value is -1.43. The zero-order valence-corrected chi connectivity index (χ0v) is 10.2. The number of amides is 1. The number of hydrogen-bond donors (Lipinski definition) is 3. The Balaban J connectivity index is 2.68. The molecule has 0 saturated heterocycles. The molecule has 1 aromatic rings. The minimum Gasteiger partial charge on any atom is -0.392 e. The third kappa shape index (κ3) is 4.52. The van der Waals surface area contributed by atoms with E-state index in [-0.39, 0.29) is 12.0 Å². The molecule has 0 radical (unpaired) electrons. The first-order valence-corrected chi connectivity index (χ1v) is 5.49. The van der Waals surface area contributed by atoms with Crippen molar-refractivity contribution < 1.29 is 9.90 Å². The average molecular weight is 237 g/mol. The number of benzene rings is 1. The summed E-state index contributed by atoms with van der Waals surface area (Å²) in [6.07, 6.45) is -0.365. The lowest BCUT2D eigenvalue weighted by molar-refractivity contribution is 0.0953. The van der Waals surface area contributed by atoms with Crippen LogP contribution in [0.4, 0.5) is 0 Å². The zero-order chi connectivity index (χ0) is 12.8. The first kappa shape index (κ1) is 13.6. The molecule has 0 bridgehead atoms. The van der Waals surface area contributed by atoms with Crippen molar-refractivity contribution in [3.05, 3.63) is 35.4 Å². The largest absolute Gasteiger partial charge is 0.392 e. The van der Waals surface area contributed by atoms with Crippen LogP contribution in [0.15, 0.2) is 24.3 Å². The van der Waals surface area contributed by atoms with Crippen LogP contribution >= 0.6 is 0 Å². The highest BCUT2D eigenvalue weighted by Crippen LogP contribution is 2.07. The summed E-state index contributed by atoms with van der Waals surface area (Å²) in [5.74, 6) is 4.78. The number of aliphatic hydroxyl groups excluding tert-OH is 1. The smallest absolute Gasteiger partial charge is 0.265 e. The lowest BCUT2D eigenvalue weighted by Crippen LogP contribution is -2.30. The van der Waals surface area contributed by atoms with Gasteiger partial charge in [0.25, 0.3) is 5.91 Å². The maximum absolute atomic E-state index is 11.3. The van der Waals surface area contributed by atoms with Crippen molar-refractivity contribution in [2.24, 2.45) is 5.84 Å². The number of carbonyl (C=O) groups excluding carboxylic acids is 1. The van der Waals surface area contributed by atoms with Gasteiger partial charge in [-0.05, 0) is 31.7 Å². The number of nitrogens with two attached hydrogens (primary N) is 1. The second kappa shape index (κ2) is 6.34. The Bertz CT molecular complexity index is 380. The molecule has 0 aromatic heterocycles. The number of nitrogen functional groups attached to an aromatic ring is 1. The summed E-state index contributed by atoms with van der Waals surface area (Å²) >= 11 is 0. The van der Waals surface area contributed by atoms with Gasteiger partial charge in [-0.25, -0.2) is 5.84 Å². The van der Waals surface area contributed by atoms with Crippen molar-refractivity contribution in [3.8, 4) is 0 Å². The fraction of sp³-hybridized carbons (Fsp3) is 0.417. The number of hydrogen-bond acceptors (Lipinski definition) is 4. The molecule has 0 saturated carbocycles. The van der Waals surface area contributed by atoms with Gasteiger partial charge in [0.05, 0.1) is 6.10 Å². The summed E-state index contributed by atoms with van der Waals surface area (Å²) in [5.41, 5.74) is 3.65. The number of carbonyl (C=O) groups is 1. The van der Waals surface area contributed by atoms with E-state index in [9.17, 15) is 9.90 Å². The molecule has 0 fully saturated rings. The zero-order valence-electron chi connectivity index (χ0n) is 10.2. The highest BCUT2D eigenvalue weighted by atomic mass is 16.3. The summed E-state index contributed by atoms with van der Waals surface area (Å²) in [6.45, 7) is 3.01. The van der Waals surface area contributed by atoms with Gasteiger partial charge in [0.1, 0.15) is 0 Å². The van der Waals surface area contributed by atoms with E-state index in [0.29, 0.717) is 18.7 Å². The predicted molar refractivity (Wildman–Crippen MR) is 66.1 cm³/mol. The van der Waals surface area contributed by atoms with Gasteiger partial charge in [0.15, 0.2) is 0 Å². The summed E-state index contributed by atoms with van der Waals surface area (Å²) in [5, 5.41) is 9.26. The van der Waals surface area contributed by atoms with Crippen molar-refractivity contribution in [1.82, 2.24) is 10.3 Å². The van der Waals surface area contributed by atoms with Crippen LogP contribution in [0, 0.1) is 0 Å². The third-order valence-corrected chi connectivity index (χ3v) is 2.35. The van der Waals surface area contributed by atoms with Crippen LogP contribution < -0.4 is 11.3 Å². The fourth-order valence-corrected chi connectivity index (χ4v) is 1.72. The lowest BCUT2D eigenvalue weighted by atomic mass is 10.1. The molecule has 1 amide bonds. The number of likely N-dealkylation sites (N-methyl/N-ethyl adjacent to an activating group) is 1. The first-order valence-electron chi connectivity index (χ1n) is 5.49. The highest BCUT2D eigenvalue weighted by Gasteiger charge is 2.07. The van der Waals surface area contributed by atoms with E-state index in [1.807, 2.05) is 24.1 Å². The van der Waals surface area contributed by atoms with Crippen LogP contribution in [-0.2, 0) is 6.54 Å². The number of nitrogens with zero attached hydrogens (tertiary/aromatic N) is 1. The topological polar surface area (TPSA) is 78.6 Å². The fourth-order valence-electron chi connectivity index (χ4n) is 1.72. The average Bonchev–Trinajstić information content (AvgIpc) is 2.27. The Morgan fingerprint density at radius 1 is 1.59 bits per heavy atom. The van der Waals surface area contributed by atoms with Gasteiger partial charge < -0.3 is 5.11 Å². The maximum Gasteiger partial charge on any atom is 0.265 e. The van der Waals surface area contributed by atoms with Crippen LogP contribution in [0.1, 0.15) is 22.8 Å². The molecule has 1 atom stereocenters. The van der Waals surface area contributed by atoms with Gasteiger partial charge in [-0.15, -0.1) is 0 Å². The van der Waals surface area contributed by atoms with Crippen LogP contribution in [0.5, 0.6) is 0 Å². The van der Waals surface area contributed by atoms with E-state index in [1.54, 1.807) is 19.1 Å². The Kier molecular flexibility index (Phi) is 5.09. The van der Waals surface area contributed by atoms with E-state index >= 15 is 0 Å². The number of aliphatic hydroxyl groups is 1. The van der Waals surface area contributed by atoms with Crippen molar-refractivity contribution in [2.45, 2.75) is 19.6 Å².